The summed E-state index contributed by atoms with van der Waals surface area (Å²) in [5.41, 5.74) is 3.04. The summed E-state index contributed by atoms with van der Waals surface area (Å²) in [6.45, 7) is 3.47. The van der Waals surface area contributed by atoms with Crippen LogP contribution >= 0.6 is 0 Å². The smallest absolute Gasteiger partial charge is 0.326 e. The van der Waals surface area contributed by atoms with Crippen LogP contribution in [0, 0.1) is 13.8 Å². The van der Waals surface area contributed by atoms with Crippen molar-refractivity contribution in [2.45, 2.75) is 20.0 Å². The summed E-state index contributed by atoms with van der Waals surface area (Å²) in [6.07, 6.45) is 0.257. The number of hydrogen-bond donors (Lipinski definition) is 1. The number of ketones is 1. The summed E-state index contributed by atoms with van der Waals surface area (Å²) >= 11 is 0. The molecular weight excluding hydrogens is 370 g/mol. The zero-order chi connectivity index (χ0) is 20.8. The van der Waals surface area contributed by atoms with Crippen LogP contribution in [0.1, 0.15) is 43.7 Å². The molecular formula is C23H21NO5. The number of furan rings is 1. The third kappa shape index (κ3) is 5.19. The Morgan fingerprint density at radius 2 is 1.55 bits per heavy atom. The van der Waals surface area contributed by atoms with Crippen LogP contribution in [0.5, 0.6) is 0 Å². The van der Waals surface area contributed by atoms with Gasteiger partial charge in [0.05, 0.1) is 6.26 Å². The fourth-order valence-corrected chi connectivity index (χ4v) is 2.70. The van der Waals surface area contributed by atoms with Crippen LogP contribution in [0.4, 0.5) is 0 Å². The molecule has 1 atom stereocenters. The second kappa shape index (κ2) is 9.01. The Morgan fingerprint density at radius 3 is 2.14 bits per heavy atom. The van der Waals surface area contributed by atoms with Gasteiger partial charge in [-0.05, 0) is 26.0 Å². The van der Waals surface area contributed by atoms with Gasteiger partial charge in [0.25, 0.3) is 5.91 Å². The molecule has 6 nitrogen and oxygen atoms in total. The van der Waals surface area contributed by atoms with Crippen molar-refractivity contribution in [3.8, 4) is 0 Å². The Bertz CT molecular complexity index is 989. The lowest BCUT2D eigenvalue weighted by molar-refractivity contribution is -0.146. The number of amides is 1. The highest BCUT2D eigenvalue weighted by molar-refractivity contribution is 6.01. The van der Waals surface area contributed by atoms with Gasteiger partial charge in [0.15, 0.2) is 11.9 Å². The van der Waals surface area contributed by atoms with E-state index < -0.39 is 18.0 Å². The minimum atomic E-state index is -1.11. The highest BCUT2D eigenvalue weighted by atomic mass is 16.5. The molecule has 1 aromatic heterocycles. The summed E-state index contributed by atoms with van der Waals surface area (Å²) in [7, 11) is 0. The predicted molar refractivity (Wildman–Crippen MR) is 107 cm³/mol. The van der Waals surface area contributed by atoms with Crippen molar-refractivity contribution in [2.24, 2.45) is 0 Å². The molecule has 1 N–H and O–H groups in total. The maximum atomic E-state index is 13.0. The van der Waals surface area contributed by atoms with Crippen LogP contribution in [-0.2, 0) is 9.53 Å². The Morgan fingerprint density at radius 1 is 0.931 bits per heavy atom. The minimum Gasteiger partial charge on any atom is -0.459 e. The van der Waals surface area contributed by atoms with Gasteiger partial charge in [0.1, 0.15) is 6.54 Å². The predicted octanol–water partition coefficient (Wildman–Crippen LogP) is 3.79. The van der Waals surface area contributed by atoms with Crippen molar-refractivity contribution in [1.82, 2.24) is 5.32 Å². The highest BCUT2D eigenvalue weighted by Crippen LogP contribution is 2.23. The van der Waals surface area contributed by atoms with Crippen LogP contribution in [0.2, 0.25) is 0 Å². The van der Waals surface area contributed by atoms with Crippen LogP contribution in [0.15, 0.2) is 71.3 Å². The van der Waals surface area contributed by atoms with E-state index in [0.717, 1.165) is 11.1 Å². The summed E-state index contributed by atoms with van der Waals surface area (Å²) < 4.78 is 10.4. The summed E-state index contributed by atoms with van der Waals surface area (Å²) in [6, 6.07) is 17.3. The molecule has 0 bridgehead atoms. The molecule has 0 radical (unpaired) electrons. The molecule has 0 fully saturated rings. The first-order valence-electron chi connectivity index (χ1n) is 9.12. The van der Waals surface area contributed by atoms with Crippen molar-refractivity contribution in [3.05, 3.63) is 94.9 Å². The van der Waals surface area contributed by atoms with E-state index >= 15 is 0 Å². The third-order valence-electron chi connectivity index (χ3n) is 4.34. The number of ether oxygens (including phenoxy) is 1. The van der Waals surface area contributed by atoms with Gasteiger partial charge in [-0.3, -0.25) is 14.4 Å². The molecule has 6 heteroatoms. The lowest BCUT2D eigenvalue weighted by Gasteiger charge is -2.18. The van der Waals surface area contributed by atoms with Crippen LogP contribution < -0.4 is 5.32 Å². The second-order valence-electron chi connectivity index (χ2n) is 6.67. The van der Waals surface area contributed by atoms with Gasteiger partial charge in [-0.25, -0.2) is 0 Å². The van der Waals surface area contributed by atoms with E-state index in [1.165, 1.54) is 12.3 Å². The van der Waals surface area contributed by atoms with E-state index in [1.807, 2.05) is 38.1 Å². The van der Waals surface area contributed by atoms with Gasteiger partial charge >= 0.3 is 5.97 Å². The Kier molecular flexibility index (Phi) is 6.24. The lowest BCUT2D eigenvalue weighted by atomic mass is 9.98. The van der Waals surface area contributed by atoms with Crippen molar-refractivity contribution < 1.29 is 23.5 Å². The fourth-order valence-electron chi connectivity index (χ4n) is 2.70. The molecule has 0 aliphatic carbocycles. The zero-order valence-electron chi connectivity index (χ0n) is 16.2. The SMILES string of the molecule is Cc1ccc(C(=O)C(OC(=O)CNC(=O)c2ccco2)c2ccc(C)cc2)cc1. The van der Waals surface area contributed by atoms with E-state index in [9.17, 15) is 14.4 Å². The molecule has 1 amide bonds. The molecule has 3 aromatic rings. The third-order valence-corrected chi connectivity index (χ3v) is 4.34. The highest BCUT2D eigenvalue weighted by Gasteiger charge is 2.26. The van der Waals surface area contributed by atoms with Crippen molar-refractivity contribution in [1.29, 1.82) is 0 Å². The number of carbonyl (C=O) groups is 3. The van der Waals surface area contributed by atoms with E-state index in [0.29, 0.717) is 11.1 Å². The Labute approximate surface area is 168 Å². The van der Waals surface area contributed by atoms with Crippen molar-refractivity contribution in [2.75, 3.05) is 6.54 Å². The number of hydrogen-bond acceptors (Lipinski definition) is 5. The molecule has 1 heterocycles. The number of Topliss-reactive ketones (excluding diaryl/α,β-unsaturated/α-hetero) is 1. The molecule has 29 heavy (non-hydrogen) atoms. The Balaban J connectivity index is 1.74. The molecule has 0 saturated heterocycles. The monoisotopic (exact) mass is 391 g/mol. The van der Waals surface area contributed by atoms with Gasteiger partial charge in [-0.2, -0.15) is 0 Å². The number of carbonyl (C=O) groups excluding carboxylic acids is 3. The minimum absolute atomic E-state index is 0.0867. The summed E-state index contributed by atoms with van der Waals surface area (Å²) in [5, 5.41) is 2.42. The maximum Gasteiger partial charge on any atom is 0.326 e. The average Bonchev–Trinajstić information content (AvgIpc) is 3.26. The van der Waals surface area contributed by atoms with Crippen molar-refractivity contribution >= 4 is 17.7 Å². The second-order valence-corrected chi connectivity index (χ2v) is 6.67. The first kappa shape index (κ1) is 20.1. The first-order chi connectivity index (χ1) is 13.9. The largest absolute Gasteiger partial charge is 0.459 e. The number of esters is 1. The molecule has 0 spiro atoms. The van der Waals surface area contributed by atoms with E-state index in [-0.39, 0.29) is 18.1 Å². The molecule has 2 aromatic carbocycles. The average molecular weight is 391 g/mol. The van der Waals surface area contributed by atoms with Gasteiger partial charge in [0.2, 0.25) is 5.78 Å². The lowest BCUT2D eigenvalue weighted by Crippen LogP contribution is -2.32. The topological polar surface area (TPSA) is 85.6 Å². The molecule has 3 rings (SSSR count). The first-order valence-corrected chi connectivity index (χ1v) is 9.12. The molecule has 0 aliphatic rings. The van der Waals surface area contributed by atoms with Crippen LogP contribution in [-0.4, -0.2) is 24.2 Å². The number of nitrogens with one attached hydrogen (secondary N) is 1. The quantitative estimate of drug-likeness (QED) is 0.489. The number of aryl methyl sites for hydroxylation is 2. The van der Waals surface area contributed by atoms with Gasteiger partial charge in [-0.1, -0.05) is 59.7 Å². The van der Waals surface area contributed by atoms with E-state index in [1.54, 1.807) is 30.3 Å². The normalized spacial score (nSPS) is 11.5. The fraction of sp³-hybridized carbons (Fsp3) is 0.174. The van der Waals surface area contributed by atoms with Crippen LogP contribution in [0.25, 0.3) is 0 Å². The standard InChI is InChI=1S/C23H21NO5/c1-15-5-9-17(10-6-15)21(26)22(18-11-7-16(2)8-12-18)29-20(25)14-24-23(27)19-4-3-13-28-19/h3-13,22H,14H2,1-2H3,(H,24,27). The molecule has 0 aliphatic heterocycles. The molecule has 1 unspecified atom stereocenters. The zero-order valence-corrected chi connectivity index (χ0v) is 16.2. The summed E-state index contributed by atoms with van der Waals surface area (Å²) in [5.74, 6) is -1.51. The van der Waals surface area contributed by atoms with Crippen LogP contribution in [0.3, 0.4) is 0 Å². The van der Waals surface area contributed by atoms with Gasteiger partial charge in [0, 0.05) is 11.1 Å². The Hall–Kier alpha value is -3.67. The van der Waals surface area contributed by atoms with Gasteiger partial charge in [-0.15, -0.1) is 0 Å². The number of benzene rings is 2. The molecule has 0 saturated carbocycles. The number of rotatable bonds is 7. The van der Waals surface area contributed by atoms with E-state index in [4.69, 9.17) is 9.15 Å². The van der Waals surface area contributed by atoms with E-state index in [2.05, 4.69) is 5.32 Å². The van der Waals surface area contributed by atoms with Gasteiger partial charge < -0.3 is 14.5 Å². The van der Waals surface area contributed by atoms with Crippen molar-refractivity contribution in [3.63, 3.8) is 0 Å². The molecule has 148 valence electrons. The summed E-state index contributed by atoms with van der Waals surface area (Å²) in [4.78, 5) is 37.3. The maximum absolute atomic E-state index is 13.0.